The lowest BCUT2D eigenvalue weighted by Gasteiger charge is -2.47. The number of hydrogen-bond acceptors (Lipinski definition) is 7. The Morgan fingerprint density at radius 3 is 2.66 bits per heavy atom. The second-order valence-corrected chi connectivity index (χ2v) is 12.1. The van der Waals surface area contributed by atoms with Gasteiger partial charge in [-0.15, -0.1) is 0 Å². The summed E-state index contributed by atoms with van der Waals surface area (Å²) in [6.45, 7) is 2.23. The van der Waals surface area contributed by atoms with Crippen molar-refractivity contribution < 1.29 is 27.8 Å². The fourth-order valence-corrected chi connectivity index (χ4v) is 6.78. The molecule has 3 aromatic rings. The molecule has 1 aliphatic carbocycles. The van der Waals surface area contributed by atoms with Crippen LogP contribution >= 0.6 is 11.6 Å². The van der Waals surface area contributed by atoms with Crippen LogP contribution in [-0.4, -0.2) is 61.4 Å². The van der Waals surface area contributed by atoms with E-state index in [2.05, 4.69) is 21.3 Å². The molecule has 0 radical (unpaired) electrons. The zero-order valence-corrected chi connectivity index (χ0v) is 25.1. The van der Waals surface area contributed by atoms with Crippen LogP contribution in [0.15, 0.2) is 54.7 Å². The lowest BCUT2D eigenvalue weighted by molar-refractivity contribution is -0.124. The van der Waals surface area contributed by atoms with Gasteiger partial charge in [-0.05, 0) is 61.4 Å². The highest BCUT2D eigenvalue weighted by atomic mass is 35.5. The standard InChI is InChI=1S/C32H34ClF2N5O4/c1-43-19-44-16-23-5-4-8-27(37-23)39-17-32(18-39)25-6-2-3-7-26(25)40(31(32)42)15-20-9-11-22(12-10-20)38-30(41)24-13-21(33)14-36-28(24)29(34)35/h2-8,13-14,20,22,29H,9-12,15-19H2,1H3,(H,38,41)/t20-,22-. The van der Waals surface area contributed by atoms with Crippen LogP contribution in [0.3, 0.4) is 0 Å². The summed E-state index contributed by atoms with van der Waals surface area (Å²) in [7, 11) is 1.57. The van der Waals surface area contributed by atoms with E-state index in [0.717, 1.165) is 41.8 Å². The van der Waals surface area contributed by atoms with Crippen LogP contribution in [-0.2, 0) is 26.3 Å². The first-order valence-electron chi connectivity index (χ1n) is 14.7. The van der Waals surface area contributed by atoms with E-state index >= 15 is 0 Å². The number of carbonyl (C=O) groups is 2. The van der Waals surface area contributed by atoms with Crippen LogP contribution < -0.4 is 15.1 Å². The van der Waals surface area contributed by atoms with Crippen LogP contribution in [0.25, 0.3) is 0 Å². The number of carbonyl (C=O) groups excluding carboxylic acids is 2. The number of alkyl halides is 2. The van der Waals surface area contributed by atoms with Gasteiger partial charge < -0.3 is 24.6 Å². The first-order valence-corrected chi connectivity index (χ1v) is 15.1. The van der Waals surface area contributed by atoms with E-state index in [4.69, 9.17) is 26.1 Å². The second kappa shape index (κ2) is 12.7. The van der Waals surface area contributed by atoms with Crippen molar-refractivity contribution in [3.63, 3.8) is 0 Å². The Morgan fingerprint density at radius 1 is 1.14 bits per heavy atom. The molecule has 44 heavy (non-hydrogen) atoms. The van der Waals surface area contributed by atoms with E-state index in [9.17, 15) is 18.4 Å². The number of benzene rings is 1. The van der Waals surface area contributed by atoms with Crippen molar-refractivity contribution in [3.8, 4) is 0 Å². The van der Waals surface area contributed by atoms with Crippen LogP contribution in [0.2, 0.25) is 5.02 Å². The zero-order chi connectivity index (χ0) is 30.8. The summed E-state index contributed by atoms with van der Waals surface area (Å²) in [5.41, 5.74) is 1.41. The van der Waals surface area contributed by atoms with Crippen LogP contribution in [0.4, 0.5) is 20.3 Å². The summed E-state index contributed by atoms with van der Waals surface area (Å²) in [4.78, 5) is 39.3. The van der Waals surface area contributed by atoms with Gasteiger partial charge in [-0.2, -0.15) is 0 Å². The van der Waals surface area contributed by atoms with Crippen LogP contribution in [0, 0.1) is 5.92 Å². The average molecular weight is 626 g/mol. The van der Waals surface area contributed by atoms with Crippen molar-refractivity contribution in [2.75, 3.05) is 43.3 Å². The maximum Gasteiger partial charge on any atom is 0.281 e. The van der Waals surface area contributed by atoms with Crippen molar-refractivity contribution in [1.82, 2.24) is 15.3 Å². The molecule has 1 saturated carbocycles. The monoisotopic (exact) mass is 625 g/mol. The molecule has 232 valence electrons. The normalized spacial score (nSPS) is 20.6. The number of anilines is 2. The largest absolute Gasteiger partial charge is 0.359 e. The van der Waals surface area contributed by atoms with Gasteiger partial charge >= 0.3 is 0 Å². The van der Waals surface area contributed by atoms with E-state index in [1.54, 1.807) is 7.11 Å². The van der Waals surface area contributed by atoms with Gasteiger partial charge in [0.2, 0.25) is 5.91 Å². The molecule has 1 aromatic carbocycles. The molecule has 3 aliphatic rings. The summed E-state index contributed by atoms with van der Waals surface area (Å²) in [5, 5.41) is 3.02. The third-order valence-electron chi connectivity index (χ3n) is 8.81. The molecule has 2 amide bonds. The highest BCUT2D eigenvalue weighted by molar-refractivity contribution is 6.30. The Hall–Kier alpha value is -3.67. The number of halogens is 3. The fraction of sp³-hybridized carbons (Fsp3) is 0.438. The molecule has 2 aromatic heterocycles. The van der Waals surface area contributed by atoms with Gasteiger partial charge in [0.05, 0.1) is 22.9 Å². The number of nitrogens with zero attached hydrogens (tertiary/aromatic N) is 4. The predicted octanol–water partition coefficient (Wildman–Crippen LogP) is 5.28. The Labute approximate surface area is 259 Å². The van der Waals surface area contributed by atoms with Crippen molar-refractivity contribution in [2.24, 2.45) is 5.92 Å². The number of ether oxygens (including phenoxy) is 2. The molecule has 6 rings (SSSR count). The number of methoxy groups -OCH3 is 1. The number of fused-ring (bicyclic) bond motifs is 2. The number of aromatic nitrogens is 2. The highest BCUT2D eigenvalue weighted by Crippen LogP contribution is 2.49. The molecule has 2 aliphatic heterocycles. The molecule has 0 atom stereocenters. The van der Waals surface area contributed by atoms with Gasteiger partial charge in [-0.1, -0.05) is 35.9 Å². The summed E-state index contributed by atoms with van der Waals surface area (Å²) < 4.78 is 37.2. The van der Waals surface area contributed by atoms with E-state index < -0.39 is 23.4 Å². The topological polar surface area (TPSA) is 96.9 Å². The third-order valence-corrected chi connectivity index (χ3v) is 9.02. The average Bonchev–Trinajstić information content (AvgIpc) is 3.25. The molecule has 2 fully saturated rings. The first-order chi connectivity index (χ1) is 21.3. The van der Waals surface area contributed by atoms with Crippen molar-refractivity contribution in [2.45, 2.75) is 50.2 Å². The molecular weight excluding hydrogens is 592 g/mol. The van der Waals surface area contributed by atoms with E-state index in [-0.39, 0.29) is 35.2 Å². The number of hydrogen-bond donors (Lipinski definition) is 1. The van der Waals surface area contributed by atoms with Crippen LogP contribution in [0.5, 0.6) is 0 Å². The Morgan fingerprint density at radius 2 is 1.91 bits per heavy atom. The van der Waals surface area contributed by atoms with Gasteiger partial charge in [0.15, 0.2) is 0 Å². The number of rotatable bonds is 10. The lowest BCUT2D eigenvalue weighted by atomic mass is 9.74. The highest BCUT2D eigenvalue weighted by Gasteiger charge is 2.58. The summed E-state index contributed by atoms with van der Waals surface area (Å²) >= 11 is 5.92. The first kappa shape index (κ1) is 30.4. The number of pyridine rings is 2. The molecule has 12 heteroatoms. The van der Waals surface area contributed by atoms with Crippen molar-refractivity contribution in [1.29, 1.82) is 0 Å². The van der Waals surface area contributed by atoms with Gasteiger partial charge in [0, 0.05) is 44.7 Å². The minimum atomic E-state index is -2.88. The Bertz CT molecular complexity index is 1530. The molecule has 1 saturated heterocycles. The quantitative estimate of drug-likeness (QED) is 0.242. The number of nitrogens with one attached hydrogen (secondary N) is 1. The van der Waals surface area contributed by atoms with Gasteiger partial charge in [-0.25, -0.2) is 13.8 Å². The molecule has 1 spiro atoms. The maximum atomic E-state index is 14.0. The van der Waals surface area contributed by atoms with Gasteiger partial charge in [0.1, 0.15) is 23.7 Å². The summed E-state index contributed by atoms with van der Waals surface area (Å²) in [5.74, 6) is 0.577. The molecule has 0 unspecified atom stereocenters. The third kappa shape index (κ3) is 5.88. The second-order valence-electron chi connectivity index (χ2n) is 11.7. The molecular formula is C32H34ClF2N5O4. The molecule has 4 heterocycles. The predicted molar refractivity (Wildman–Crippen MR) is 161 cm³/mol. The Balaban J connectivity index is 1.08. The minimum absolute atomic E-state index is 0.109. The minimum Gasteiger partial charge on any atom is -0.359 e. The maximum absolute atomic E-state index is 14.0. The van der Waals surface area contributed by atoms with Crippen LogP contribution in [0.1, 0.15) is 59.4 Å². The van der Waals surface area contributed by atoms with E-state index in [1.165, 1.54) is 6.07 Å². The smallest absolute Gasteiger partial charge is 0.281 e. The zero-order valence-electron chi connectivity index (χ0n) is 24.3. The number of amides is 2. The van der Waals surface area contributed by atoms with Gasteiger partial charge in [-0.3, -0.25) is 14.6 Å². The molecule has 1 N–H and O–H groups in total. The summed E-state index contributed by atoms with van der Waals surface area (Å²) in [6, 6.07) is 14.9. The van der Waals surface area contributed by atoms with Crippen molar-refractivity contribution >= 4 is 34.9 Å². The van der Waals surface area contributed by atoms with Crippen molar-refractivity contribution in [3.05, 3.63) is 82.3 Å². The Kier molecular flexibility index (Phi) is 8.80. The van der Waals surface area contributed by atoms with Gasteiger partial charge in [0.25, 0.3) is 12.3 Å². The molecule has 9 nitrogen and oxygen atoms in total. The number of para-hydroxylation sites is 1. The van der Waals surface area contributed by atoms with E-state index in [1.807, 2.05) is 41.3 Å². The molecule has 0 bridgehead atoms. The fourth-order valence-electron chi connectivity index (χ4n) is 6.62. The summed E-state index contributed by atoms with van der Waals surface area (Å²) in [6.07, 6.45) is 1.21. The lowest BCUT2D eigenvalue weighted by Crippen LogP contribution is -2.64. The van der Waals surface area contributed by atoms with E-state index in [0.29, 0.717) is 39.1 Å². The SMILES string of the molecule is COCOCc1cccc(N2CC3(C2)C(=O)N(C[C@H]2CC[C@H](NC(=O)c4cc(Cl)cnc4C(F)F)CC2)c2ccccc23)n1.